The van der Waals surface area contributed by atoms with E-state index in [1.165, 1.54) is 11.3 Å². The Kier molecular flexibility index (Phi) is 9.87. The number of carbonyl (C=O) groups is 3. The second-order valence-electron chi connectivity index (χ2n) is 6.87. The molecule has 1 atom stereocenters. The first-order valence-corrected chi connectivity index (χ1v) is 11.4. The maximum Gasteiger partial charge on any atom is 0.306 e. The fraction of sp³-hybridized carbons (Fsp3) is 0.476. The number of esters is 1. The van der Waals surface area contributed by atoms with Gasteiger partial charge in [0.15, 0.2) is 0 Å². The minimum Gasteiger partial charge on any atom is -0.466 e. The molecular formula is C21H27ClN4O4S. The first-order chi connectivity index (χ1) is 14.8. The molecule has 0 unspecified atom stereocenters. The summed E-state index contributed by atoms with van der Waals surface area (Å²) in [6.07, 6.45) is 0.945. The van der Waals surface area contributed by atoms with Crippen molar-refractivity contribution in [2.45, 2.75) is 52.5 Å². The molecule has 0 saturated heterocycles. The first kappa shape index (κ1) is 24.7. The standard InChI is InChI=1S/C21H27ClN4O4S/c1-4-14(3)26(18(28)9-10-19(29)30-5-2)12-11-17(27)23-21-25-24-20(31-21)15-7-6-8-16(22)13-15/h6-8,13-14H,4-5,9-12H2,1-3H3,(H,23,25,27)/t14-/m0/s1. The van der Waals surface area contributed by atoms with Gasteiger partial charge in [-0.1, -0.05) is 42.0 Å². The quantitative estimate of drug-likeness (QED) is 0.499. The fourth-order valence-electron chi connectivity index (χ4n) is 2.81. The lowest BCUT2D eigenvalue weighted by Crippen LogP contribution is -2.40. The summed E-state index contributed by atoms with van der Waals surface area (Å²) >= 11 is 7.25. The summed E-state index contributed by atoms with van der Waals surface area (Å²) in [6.45, 7) is 6.15. The van der Waals surface area contributed by atoms with Gasteiger partial charge in [0, 0.05) is 36.0 Å². The molecule has 1 N–H and O–H groups in total. The van der Waals surface area contributed by atoms with Gasteiger partial charge in [0.05, 0.1) is 13.0 Å². The first-order valence-electron chi connectivity index (χ1n) is 10.2. The average Bonchev–Trinajstić information content (AvgIpc) is 3.20. The van der Waals surface area contributed by atoms with Crippen molar-refractivity contribution in [1.82, 2.24) is 15.1 Å². The Morgan fingerprint density at radius 3 is 2.65 bits per heavy atom. The van der Waals surface area contributed by atoms with E-state index in [1.54, 1.807) is 24.0 Å². The number of carbonyl (C=O) groups excluding carboxylic acids is 3. The molecule has 1 aromatic heterocycles. The molecule has 0 saturated carbocycles. The number of hydrogen-bond donors (Lipinski definition) is 1. The molecular weight excluding hydrogens is 440 g/mol. The molecule has 0 fully saturated rings. The number of nitrogens with one attached hydrogen (secondary N) is 1. The number of amides is 2. The van der Waals surface area contributed by atoms with Gasteiger partial charge < -0.3 is 15.0 Å². The van der Waals surface area contributed by atoms with Crippen LogP contribution in [0.3, 0.4) is 0 Å². The molecule has 168 valence electrons. The number of halogens is 1. The summed E-state index contributed by atoms with van der Waals surface area (Å²) in [4.78, 5) is 38.1. The van der Waals surface area contributed by atoms with E-state index >= 15 is 0 Å². The summed E-state index contributed by atoms with van der Waals surface area (Å²) < 4.78 is 4.87. The highest BCUT2D eigenvalue weighted by Gasteiger charge is 2.21. The molecule has 1 heterocycles. The van der Waals surface area contributed by atoms with Crippen molar-refractivity contribution < 1.29 is 19.1 Å². The van der Waals surface area contributed by atoms with Gasteiger partial charge in [-0.15, -0.1) is 10.2 Å². The fourth-order valence-corrected chi connectivity index (χ4v) is 3.76. The molecule has 31 heavy (non-hydrogen) atoms. The minimum absolute atomic E-state index is 0.0306. The van der Waals surface area contributed by atoms with Gasteiger partial charge >= 0.3 is 5.97 Å². The van der Waals surface area contributed by atoms with Crippen LogP contribution in [0.2, 0.25) is 5.02 Å². The SMILES string of the molecule is CCOC(=O)CCC(=O)N(CCC(=O)Nc1nnc(-c2cccc(Cl)c2)s1)[C@@H](C)CC. The third kappa shape index (κ3) is 7.91. The average molecular weight is 467 g/mol. The number of aromatic nitrogens is 2. The zero-order valence-electron chi connectivity index (χ0n) is 17.9. The molecule has 10 heteroatoms. The number of anilines is 1. The van der Waals surface area contributed by atoms with Gasteiger partial charge in [0.25, 0.3) is 0 Å². The largest absolute Gasteiger partial charge is 0.466 e. The highest BCUT2D eigenvalue weighted by atomic mass is 35.5. The Morgan fingerprint density at radius 2 is 1.97 bits per heavy atom. The minimum atomic E-state index is -0.399. The van der Waals surface area contributed by atoms with Crippen LogP contribution in [-0.2, 0) is 19.1 Å². The summed E-state index contributed by atoms with van der Waals surface area (Å²) in [5.41, 5.74) is 0.820. The van der Waals surface area contributed by atoms with Crippen LogP contribution in [0.25, 0.3) is 10.6 Å². The molecule has 2 amide bonds. The molecule has 0 aliphatic heterocycles. The lowest BCUT2D eigenvalue weighted by atomic mass is 10.1. The Balaban J connectivity index is 1.91. The van der Waals surface area contributed by atoms with Crippen LogP contribution >= 0.6 is 22.9 Å². The van der Waals surface area contributed by atoms with Gasteiger partial charge in [-0.3, -0.25) is 14.4 Å². The molecule has 0 aliphatic carbocycles. The van der Waals surface area contributed by atoms with Crippen LogP contribution in [0.5, 0.6) is 0 Å². The van der Waals surface area contributed by atoms with E-state index in [2.05, 4.69) is 15.5 Å². The number of benzene rings is 1. The lowest BCUT2D eigenvalue weighted by molar-refractivity contribution is -0.146. The maximum absolute atomic E-state index is 12.6. The van der Waals surface area contributed by atoms with Crippen LogP contribution in [0.15, 0.2) is 24.3 Å². The second-order valence-corrected chi connectivity index (χ2v) is 8.28. The molecule has 0 bridgehead atoms. The Morgan fingerprint density at radius 1 is 1.19 bits per heavy atom. The number of hydrogen-bond acceptors (Lipinski definition) is 7. The second kappa shape index (κ2) is 12.4. The molecule has 0 radical (unpaired) electrons. The summed E-state index contributed by atoms with van der Waals surface area (Å²) in [5, 5.41) is 12.4. The Bertz CT molecular complexity index is 905. The number of ether oxygens (including phenoxy) is 1. The summed E-state index contributed by atoms with van der Waals surface area (Å²) in [5.74, 6) is -0.834. The van der Waals surface area contributed by atoms with E-state index in [1.807, 2.05) is 26.0 Å². The van der Waals surface area contributed by atoms with Crippen molar-refractivity contribution in [2.24, 2.45) is 0 Å². The van der Waals surface area contributed by atoms with Crippen molar-refractivity contribution in [1.29, 1.82) is 0 Å². The van der Waals surface area contributed by atoms with E-state index in [4.69, 9.17) is 16.3 Å². The van der Waals surface area contributed by atoms with Crippen molar-refractivity contribution in [3.63, 3.8) is 0 Å². The highest BCUT2D eigenvalue weighted by molar-refractivity contribution is 7.18. The van der Waals surface area contributed by atoms with E-state index in [0.717, 1.165) is 12.0 Å². The third-order valence-electron chi connectivity index (χ3n) is 4.61. The topological polar surface area (TPSA) is 101 Å². The molecule has 2 aromatic rings. The van der Waals surface area contributed by atoms with Crippen molar-refractivity contribution >= 4 is 45.9 Å². The maximum atomic E-state index is 12.6. The molecule has 1 aromatic carbocycles. The van der Waals surface area contributed by atoms with Crippen molar-refractivity contribution in [3.8, 4) is 10.6 Å². The zero-order chi connectivity index (χ0) is 22.8. The Labute approximate surface area is 190 Å². The van der Waals surface area contributed by atoms with Crippen LogP contribution in [0.4, 0.5) is 5.13 Å². The van der Waals surface area contributed by atoms with Gasteiger partial charge in [0.2, 0.25) is 16.9 Å². The van der Waals surface area contributed by atoms with Crippen molar-refractivity contribution in [2.75, 3.05) is 18.5 Å². The summed E-state index contributed by atoms with van der Waals surface area (Å²) in [6, 6.07) is 7.19. The lowest BCUT2D eigenvalue weighted by Gasteiger charge is -2.28. The molecule has 0 spiro atoms. The predicted molar refractivity (Wildman–Crippen MR) is 121 cm³/mol. The number of nitrogens with zero attached hydrogens (tertiary/aromatic N) is 3. The Hall–Kier alpha value is -2.52. The zero-order valence-corrected chi connectivity index (χ0v) is 19.5. The van der Waals surface area contributed by atoms with E-state index in [-0.39, 0.29) is 50.3 Å². The van der Waals surface area contributed by atoms with Gasteiger partial charge in [-0.25, -0.2) is 0 Å². The smallest absolute Gasteiger partial charge is 0.306 e. The third-order valence-corrected chi connectivity index (χ3v) is 5.74. The van der Waals surface area contributed by atoms with Gasteiger partial charge in [-0.05, 0) is 32.4 Å². The molecule has 0 aliphatic rings. The molecule has 2 rings (SSSR count). The highest BCUT2D eigenvalue weighted by Crippen LogP contribution is 2.28. The van der Waals surface area contributed by atoms with E-state index in [9.17, 15) is 14.4 Å². The van der Waals surface area contributed by atoms with Gasteiger partial charge in [0.1, 0.15) is 5.01 Å². The van der Waals surface area contributed by atoms with E-state index < -0.39 is 5.97 Å². The number of rotatable bonds is 11. The monoisotopic (exact) mass is 466 g/mol. The van der Waals surface area contributed by atoms with Crippen LogP contribution < -0.4 is 5.32 Å². The normalized spacial score (nSPS) is 11.6. The van der Waals surface area contributed by atoms with Gasteiger partial charge in [-0.2, -0.15) is 0 Å². The molecule has 8 nitrogen and oxygen atoms in total. The van der Waals surface area contributed by atoms with Crippen molar-refractivity contribution in [3.05, 3.63) is 29.3 Å². The summed E-state index contributed by atoms with van der Waals surface area (Å²) in [7, 11) is 0. The van der Waals surface area contributed by atoms with Crippen LogP contribution in [-0.4, -0.2) is 52.1 Å². The predicted octanol–water partition coefficient (Wildman–Crippen LogP) is 4.16. The van der Waals surface area contributed by atoms with Crippen LogP contribution in [0, 0.1) is 0 Å². The van der Waals surface area contributed by atoms with Crippen LogP contribution in [0.1, 0.15) is 46.5 Å². The van der Waals surface area contributed by atoms with E-state index in [0.29, 0.717) is 15.2 Å².